The Morgan fingerprint density at radius 1 is 1.20 bits per heavy atom. The number of carbonyl (C=O) groups excluding carboxylic acids is 1. The SMILES string of the molecule is C=C/C=C\C(=C/C=C)NC(=O)c1cccc(S(=O)(=O)N(O)C(C)(C)CC(C)(C)O)c1. The molecular weight excluding hydrogens is 404 g/mol. The van der Waals surface area contributed by atoms with Crippen molar-refractivity contribution in [2.75, 3.05) is 0 Å². The molecule has 0 aliphatic heterocycles. The Bertz CT molecular complexity index is 954. The average Bonchev–Trinajstić information content (AvgIpc) is 2.63. The topological polar surface area (TPSA) is 107 Å². The summed E-state index contributed by atoms with van der Waals surface area (Å²) in [5.74, 6) is -0.533. The number of amides is 1. The van der Waals surface area contributed by atoms with Crippen molar-refractivity contribution in [3.63, 3.8) is 0 Å². The van der Waals surface area contributed by atoms with Gasteiger partial charge in [-0.05, 0) is 64.5 Å². The zero-order chi connectivity index (χ0) is 23.2. The Morgan fingerprint density at radius 3 is 2.37 bits per heavy atom. The fourth-order valence-electron chi connectivity index (χ4n) is 2.99. The number of benzene rings is 1. The van der Waals surface area contributed by atoms with Gasteiger partial charge >= 0.3 is 0 Å². The molecule has 0 spiro atoms. The number of rotatable bonds is 10. The van der Waals surface area contributed by atoms with E-state index in [2.05, 4.69) is 18.5 Å². The van der Waals surface area contributed by atoms with Crippen LogP contribution >= 0.6 is 0 Å². The van der Waals surface area contributed by atoms with Crippen molar-refractivity contribution in [3.8, 4) is 0 Å². The number of hydrogen-bond donors (Lipinski definition) is 3. The zero-order valence-electron chi connectivity index (χ0n) is 17.8. The van der Waals surface area contributed by atoms with Gasteiger partial charge in [0.25, 0.3) is 15.9 Å². The van der Waals surface area contributed by atoms with Crippen LogP contribution in [0.1, 0.15) is 44.5 Å². The lowest BCUT2D eigenvalue weighted by molar-refractivity contribution is -0.102. The molecule has 7 nitrogen and oxygen atoms in total. The second-order valence-corrected chi connectivity index (χ2v) is 9.75. The first-order chi connectivity index (χ1) is 13.7. The van der Waals surface area contributed by atoms with E-state index in [4.69, 9.17) is 0 Å². The molecule has 0 aliphatic rings. The summed E-state index contributed by atoms with van der Waals surface area (Å²) in [5, 5.41) is 23.1. The number of allylic oxidation sites excluding steroid dienone is 5. The van der Waals surface area contributed by atoms with Gasteiger partial charge in [0, 0.05) is 11.3 Å². The molecule has 0 atom stereocenters. The fraction of sp³-hybridized carbons (Fsp3) is 0.318. The van der Waals surface area contributed by atoms with Gasteiger partial charge in [-0.3, -0.25) is 10.0 Å². The highest BCUT2D eigenvalue weighted by Crippen LogP contribution is 2.29. The molecule has 1 amide bonds. The Hall–Kier alpha value is -2.52. The number of carbonyl (C=O) groups is 1. The Kier molecular flexibility index (Phi) is 8.50. The fourth-order valence-corrected chi connectivity index (χ4v) is 4.43. The molecule has 3 N–H and O–H groups in total. The lowest BCUT2D eigenvalue weighted by Gasteiger charge is -2.36. The molecule has 0 radical (unpaired) electrons. The van der Waals surface area contributed by atoms with E-state index in [1.165, 1.54) is 58.0 Å². The number of sulfonamides is 1. The van der Waals surface area contributed by atoms with Crippen molar-refractivity contribution in [1.82, 2.24) is 9.79 Å². The van der Waals surface area contributed by atoms with E-state index in [0.29, 0.717) is 5.70 Å². The average molecular weight is 435 g/mol. The highest BCUT2D eigenvalue weighted by molar-refractivity contribution is 7.89. The first kappa shape index (κ1) is 25.5. The van der Waals surface area contributed by atoms with Crippen LogP contribution in [0, 0.1) is 0 Å². The molecule has 1 aromatic rings. The molecule has 30 heavy (non-hydrogen) atoms. The van der Waals surface area contributed by atoms with Crippen LogP contribution in [0.2, 0.25) is 0 Å². The molecule has 0 aromatic heterocycles. The summed E-state index contributed by atoms with van der Waals surface area (Å²) in [6.07, 6.45) is 7.85. The minimum Gasteiger partial charge on any atom is -0.390 e. The van der Waals surface area contributed by atoms with Crippen molar-refractivity contribution in [2.24, 2.45) is 0 Å². The van der Waals surface area contributed by atoms with E-state index in [1.807, 2.05) is 0 Å². The Morgan fingerprint density at radius 2 is 1.83 bits per heavy atom. The third kappa shape index (κ3) is 7.07. The molecule has 0 saturated carbocycles. The largest absolute Gasteiger partial charge is 0.390 e. The standard InChI is InChI=1S/C22H30N2O5S/c1-7-9-13-18(11-8-2)23-20(25)17-12-10-14-19(15-17)30(28,29)24(27)21(3,4)16-22(5,6)26/h7-15,26-27H,1-2,16H2,3-6H3,(H,23,25)/b13-9-,18-11+. The number of aliphatic hydroxyl groups is 1. The van der Waals surface area contributed by atoms with Gasteiger partial charge in [0.05, 0.1) is 16.0 Å². The summed E-state index contributed by atoms with van der Waals surface area (Å²) in [5.41, 5.74) is -1.95. The van der Waals surface area contributed by atoms with Gasteiger partial charge in [-0.25, -0.2) is 8.42 Å². The van der Waals surface area contributed by atoms with Gasteiger partial charge in [-0.2, -0.15) is 0 Å². The maximum Gasteiger partial charge on any atom is 0.265 e. The van der Waals surface area contributed by atoms with Crippen molar-refractivity contribution >= 4 is 15.9 Å². The predicted octanol–water partition coefficient (Wildman–Crippen LogP) is 3.55. The summed E-state index contributed by atoms with van der Waals surface area (Å²) in [7, 11) is -4.34. The molecular formula is C22H30N2O5S. The van der Waals surface area contributed by atoms with Crippen LogP contribution in [0.4, 0.5) is 0 Å². The monoisotopic (exact) mass is 434 g/mol. The minimum absolute atomic E-state index is 0.0126. The lowest BCUT2D eigenvalue weighted by Crippen LogP contribution is -2.49. The summed E-state index contributed by atoms with van der Waals surface area (Å²) in [6.45, 7) is 13.2. The van der Waals surface area contributed by atoms with Gasteiger partial charge in [-0.15, -0.1) is 0 Å². The predicted molar refractivity (Wildman–Crippen MR) is 117 cm³/mol. The molecule has 0 saturated heterocycles. The Labute approximate surface area is 178 Å². The molecule has 0 heterocycles. The van der Waals surface area contributed by atoms with Crippen molar-refractivity contribution in [2.45, 2.75) is 50.2 Å². The first-order valence-corrected chi connectivity index (χ1v) is 10.7. The molecule has 0 unspecified atom stereocenters. The molecule has 1 aromatic carbocycles. The van der Waals surface area contributed by atoms with E-state index < -0.39 is 27.1 Å². The van der Waals surface area contributed by atoms with Crippen molar-refractivity contribution in [1.29, 1.82) is 0 Å². The number of hydroxylamine groups is 1. The van der Waals surface area contributed by atoms with Crippen LogP contribution in [0.5, 0.6) is 0 Å². The first-order valence-electron chi connectivity index (χ1n) is 9.24. The van der Waals surface area contributed by atoms with Crippen LogP contribution in [-0.2, 0) is 10.0 Å². The number of nitrogens with one attached hydrogen (secondary N) is 1. The molecule has 0 bridgehead atoms. The number of hydrogen-bond acceptors (Lipinski definition) is 5. The van der Waals surface area contributed by atoms with E-state index in [9.17, 15) is 23.5 Å². The van der Waals surface area contributed by atoms with Crippen LogP contribution in [-0.4, -0.2) is 40.2 Å². The van der Waals surface area contributed by atoms with E-state index >= 15 is 0 Å². The van der Waals surface area contributed by atoms with Crippen molar-refractivity contribution in [3.05, 3.63) is 79.1 Å². The van der Waals surface area contributed by atoms with Crippen molar-refractivity contribution < 1.29 is 23.5 Å². The highest BCUT2D eigenvalue weighted by atomic mass is 32.2. The van der Waals surface area contributed by atoms with E-state index in [0.717, 1.165) is 0 Å². The second kappa shape index (κ2) is 9.99. The van der Waals surface area contributed by atoms with E-state index in [1.54, 1.807) is 24.3 Å². The Balaban J connectivity index is 3.22. The zero-order valence-corrected chi connectivity index (χ0v) is 18.6. The van der Waals surface area contributed by atoms with Gasteiger partial charge in [0.1, 0.15) is 0 Å². The van der Waals surface area contributed by atoms with Crippen LogP contribution in [0.25, 0.3) is 0 Å². The quantitative estimate of drug-likeness (QED) is 0.386. The van der Waals surface area contributed by atoms with Gasteiger partial charge < -0.3 is 10.4 Å². The van der Waals surface area contributed by atoms with Crippen LogP contribution < -0.4 is 5.32 Å². The molecule has 0 fully saturated rings. The molecule has 164 valence electrons. The second-order valence-electron chi connectivity index (χ2n) is 7.98. The molecule has 8 heteroatoms. The van der Waals surface area contributed by atoms with E-state index in [-0.39, 0.29) is 21.3 Å². The molecule has 0 aliphatic carbocycles. The maximum atomic E-state index is 12.9. The number of nitrogens with zero attached hydrogens (tertiary/aromatic N) is 1. The smallest absolute Gasteiger partial charge is 0.265 e. The lowest BCUT2D eigenvalue weighted by atomic mass is 9.90. The highest BCUT2D eigenvalue weighted by Gasteiger charge is 2.40. The molecule has 1 rings (SSSR count). The van der Waals surface area contributed by atoms with Gasteiger partial charge in [0.2, 0.25) is 0 Å². The third-order valence-corrected chi connectivity index (χ3v) is 5.77. The maximum absolute atomic E-state index is 12.9. The summed E-state index contributed by atoms with van der Waals surface area (Å²) >= 11 is 0. The summed E-state index contributed by atoms with van der Waals surface area (Å²) < 4.78 is 26.1. The summed E-state index contributed by atoms with van der Waals surface area (Å²) in [6, 6.07) is 5.33. The normalized spacial score (nSPS) is 13.5. The van der Waals surface area contributed by atoms with Crippen LogP contribution in [0.3, 0.4) is 0 Å². The summed E-state index contributed by atoms with van der Waals surface area (Å²) in [4.78, 5) is 12.3. The van der Waals surface area contributed by atoms with Gasteiger partial charge in [-0.1, -0.05) is 41.9 Å². The van der Waals surface area contributed by atoms with Gasteiger partial charge in [0.15, 0.2) is 0 Å². The third-order valence-electron chi connectivity index (χ3n) is 3.97. The van der Waals surface area contributed by atoms with Crippen LogP contribution in [0.15, 0.2) is 78.4 Å². The minimum atomic E-state index is -4.34.